The van der Waals surface area contributed by atoms with Crippen molar-refractivity contribution in [2.45, 2.75) is 13.8 Å². The fourth-order valence-corrected chi connectivity index (χ4v) is 3.27. The summed E-state index contributed by atoms with van der Waals surface area (Å²) in [4.78, 5) is 26.6. The number of benzene rings is 1. The normalized spacial score (nSPS) is 14.7. The lowest BCUT2D eigenvalue weighted by atomic mass is 10.1. The van der Waals surface area contributed by atoms with E-state index < -0.39 is 0 Å². The Morgan fingerprint density at radius 1 is 1.04 bits per heavy atom. The number of methoxy groups -OCH3 is 2. The summed E-state index contributed by atoms with van der Waals surface area (Å²) in [6.07, 6.45) is 0. The standard InChI is InChI=1S/C20H27N5O3/c1-13-17(14(2)22-20(21-13)25-11-9-24(3)10-12-25)23-19(26)15-7-6-8-16(27-4)18(15)28-5/h6-8H,9-12H2,1-5H3,(H,23,26). The highest BCUT2D eigenvalue weighted by Crippen LogP contribution is 2.31. The Kier molecular flexibility index (Phi) is 5.99. The van der Waals surface area contributed by atoms with Crippen LogP contribution in [0.5, 0.6) is 11.5 Å². The lowest BCUT2D eigenvalue weighted by Gasteiger charge is -2.32. The molecule has 1 N–H and O–H groups in total. The predicted octanol–water partition coefficient (Wildman–Crippen LogP) is 2.11. The Balaban J connectivity index is 1.84. The molecule has 3 rings (SSSR count). The Bertz CT molecular complexity index is 840. The Hall–Kier alpha value is -2.87. The number of para-hydroxylation sites is 1. The Morgan fingerprint density at radius 2 is 1.68 bits per heavy atom. The second-order valence-corrected chi connectivity index (χ2v) is 6.85. The van der Waals surface area contributed by atoms with Crippen molar-refractivity contribution in [2.24, 2.45) is 0 Å². The van der Waals surface area contributed by atoms with Crippen LogP contribution < -0.4 is 19.7 Å². The molecule has 1 aliphatic heterocycles. The third kappa shape index (κ3) is 4.01. The molecule has 0 spiro atoms. The van der Waals surface area contributed by atoms with E-state index in [1.807, 2.05) is 13.8 Å². The molecule has 1 aromatic carbocycles. The summed E-state index contributed by atoms with van der Waals surface area (Å²) >= 11 is 0. The van der Waals surface area contributed by atoms with Crippen molar-refractivity contribution < 1.29 is 14.3 Å². The van der Waals surface area contributed by atoms with Gasteiger partial charge < -0.3 is 24.6 Å². The first-order valence-electron chi connectivity index (χ1n) is 9.25. The molecule has 8 heteroatoms. The average molecular weight is 385 g/mol. The van der Waals surface area contributed by atoms with Crippen LogP contribution in [0.25, 0.3) is 0 Å². The highest BCUT2D eigenvalue weighted by atomic mass is 16.5. The van der Waals surface area contributed by atoms with Gasteiger partial charge in [-0.15, -0.1) is 0 Å². The molecule has 0 unspecified atom stereocenters. The van der Waals surface area contributed by atoms with Crippen LogP contribution in [0.15, 0.2) is 18.2 Å². The number of piperazine rings is 1. The number of carbonyl (C=O) groups is 1. The molecule has 1 aliphatic rings. The number of nitrogens with zero attached hydrogens (tertiary/aromatic N) is 4. The van der Waals surface area contributed by atoms with E-state index >= 15 is 0 Å². The van der Waals surface area contributed by atoms with E-state index in [-0.39, 0.29) is 5.91 Å². The number of ether oxygens (including phenoxy) is 2. The van der Waals surface area contributed by atoms with Gasteiger partial charge in [-0.2, -0.15) is 0 Å². The molecule has 0 aliphatic carbocycles. The summed E-state index contributed by atoms with van der Waals surface area (Å²) in [6, 6.07) is 5.20. The third-order valence-corrected chi connectivity index (χ3v) is 4.93. The summed E-state index contributed by atoms with van der Waals surface area (Å²) in [5, 5.41) is 2.93. The molecule has 1 aromatic heterocycles. The Labute approximate surface area is 165 Å². The second-order valence-electron chi connectivity index (χ2n) is 6.85. The largest absolute Gasteiger partial charge is 0.493 e. The summed E-state index contributed by atoms with van der Waals surface area (Å²) in [6.45, 7) is 7.51. The van der Waals surface area contributed by atoms with E-state index in [2.05, 4.69) is 32.1 Å². The van der Waals surface area contributed by atoms with Gasteiger partial charge in [0.05, 0.1) is 36.9 Å². The maximum atomic E-state index is 12.9. The minimum Gasteiger partial charge on any atom is -0.493 e. The van der Waals surface area contributed by atoms with Crippen LogP contribution in [0.1, 0.15) is 21.7 Å². The zero-order valence-corrected chi connectivity index (χ0v) is 17.1. The Morgan fingerprint density at radius 3 is 2.25 bits per heavy atom. The van der Waals surface area contributed by atoms with Gasteiger partial charge >= 0.3 is 0 Å². The number of nitrogens with one attached hydrogen (secondary N) is 1. The SMILES string of the molecule is COc1cccc(C(=O)Nc2c(C)nc(N3CCN(C)CC3)nc2C)c1OC. The molecule has 0 atom stereocenters. The third-order valence-electron chi connectivity index (χ3n) is 4.93. The molecule has 150 valence electrons. The van der Waals surface area contributed by atoms with Gasteiger partial charge in [-0.1, -0.05) is 6.07 Å². The van der Waals surface area contributed by atoms with Crippen molar-refractivity contribution >= 4 is 17.5 Å². The number of amides is 1. The van der Waals surface area contributed by atoms with E-state index in [0.29, 0.717) is 28.7 Å². The fraction of sp³-hybridized carbons (Fsp3) is 0.450. The van der Waals surface area contributed by atoms with Gasteiger partial charge in [-0.3, -0.25) is 4.79 Å². The molecule has 1 fully saturated rings. The second kappa shape index (κ2) is 8.43. The number of hydrogen-bond acceptors (Lipinski definition) is 7. The average Bonchev–Trinajstić information content (AvgIpc) is 2.70. The molecule has 28 heavy (non-hydrogen) atoms. The molecule has 2 aromatic rings. The number of rotatable bonds is 5. The van der Waals surface area contributed by atoms with Crippen molar-refractivity contribution in [1.82, 2.24) is 14.9 Å². The first-order chi connectivity index (χ1) is 13.4. The van der Waals surface area contributed by atoms with Gasteiger partial charge in [0.15, 0.2) is 11.5 Å². The van der Waals surface area contributed by atoms with E-state index in [9.17, 15) is 4.79 Å². The summed E-state index contributed by atoms with van der Waals surface area (Å²) in [5.41, 5.74) is 2.48. The van der Waals surface area contributed by atoms with Gasteiger partial charge in [0.25, 0.3) is 5.91 Å². The maximum absolute atomic E-state index is 12.9. The van der Waals surface area contributed by atoms with Crippen LogP contribution in [-0.4, -0.2) is 68.2 Å². The number of likely N-dealkylation sites (N-methyl/N-ethyl adjacent to an activating group) is 1. The van der Waals surface area contributed by atoms with Gasteiger partial charge in [-0.25, -0.2) is 9.97 Å². The van der Waals surface area contributed by atoms with Gasteiger partial charge in [0, 0.05) is 26.2 Å². The van der Waals surface area contributed by atoms with Gasteiger partial charge in [-0.05, 0) is 33.0 Å². The quantitative estimate of drug-likeness (QED) is 0.844. The van der Waals surface area contributed by atoms with Gasteiger partial charge in [0.2, 0.25) is 5.95 Å². The van der Waals surface area contributed by atoms with E-state index in [1.165, 1.54) is 7.11 Å². The topological polar surface area (TPSA) is 79.8 Å². The number of carbonyl (C=O) groups excluding carboxylic acids is 1. The molecule has 0 saturated carbocycles. The molecular formula is C20H27N5O3. The first kappa shape index (κ1) is 19.9. The summed E-state index contributed by atoms with van der Waals surface area (Å²) in [5.74, 6) is 1.32. The highest BCUT2D eigenvalue weighted by molar-refractivity contribution is 6.07. The molecule has 0 bridgehead atoms. The van der Waals surface area contributed by atoms with Crippen molar-refractivity contribution in [2.75, 3.05) is 57.7 Å². The van der Waals surface area contributed by atoms with Crippen LogP contribution in [0.2, 0.25) is 0 Å². The minimum atomic E-state index is -0.294. The number of hydrogen-bond donors (Lipinski definition) is 1. The molecule has 2 heterocycles. The monoisotopic (exact) mass is 385 g/mol. The molecule has 1 amide bonds. The van der Waals surface area contributed by atoms with E-state index in [0.717, 1.165) is 37.6 Å². The number of anilines is 2. The van der Waals surface area contributed by atoms with Crippen LogP contribution >= 0.6 is 0 Å². The lowest BCUT2D eigenvalue weighted by Crippen LogP contribution is -2.45. The smallest absolute Gasteiger partial charge is 0.259 e. The van der Waals surface area contributed by atoms with Crippen molar-refractivity contribution in [3.63, 3.8) is 0 Å². The van der Waals surface area contributed by atoms with E-state index in [1.54, 1.807) is 25.3 Å². The molecule has 8 nitrogen and oxygen atoms in total. The lowest BCUT2D eigenvalue weighted by molar-refractivity contribution is 0.102. The minimum absolute atomic E-state index is 0.294. The zero-order chi connectivity index (χ0) is 20.3. The van der Waals surface area contributed by atoms with Crippen LogP contribution in [0.3, 0.4) is 0 Å². The molecule has 1 saturated heterocycles. The highest BCUT2D eigenvalue weighted by Gasteiger charge is 2.21. The fourth-order valence-electron chi connectivity index (χ4n) is 3.27. The molecule has 0 radical (unpaired) electrons. The van der Waals surface area contributed by atoms with Crippen LogP contribution in [-0.2, 0) is 0 Å². The number of aromatic nitrogens is 2. The molecular weight excluding hydrogens is 358 g/mol. The van der Waals surface area contributed by atoms with Crippen LogP contribution in [0.4, 0.5) is 11.6 Å². The van der Waals surface area contributed by atoms with E-state index in [4.69, 9.17) is 9.47 Å². The predicted molar refractivity (Wildman–Crippen MR) is 109 cm³/mol. The van der Waals surface area contributed by atoms with Crippen molar-refractivity contribution in [3.05, 3.63) is 35.2 Å². The van der Waals surface area contributed by atoms with Crippen molar-refractivity contribution in [1.29, 1.82) is 0 Å². The van der Waals surface area contributed by atoms with Gasteiger partial charge in [0.1, 0.15) is 0 Å². The zero-order valence-electron chi connectivity index (χ0n) is 17.1. The first-order valence-corrected chi connectivity index (χ1v) is 9.25. The van der Waals surface area contributed by atoms with Crippen molar-refractivity contribution in [3.8, 4) is 11.5 Å². The summed E-state index contributed by atoms with van der Waals surface area (Å²) < 4.78 is 10.6. The maximum Gasteiger partial charge on any atom is 0.259 e. The van der Waals surface area contributed by atoms with Crippen LogP contribution in [0, 0.1) is 13.8 Å². The number of aryl methyl sites for hydroxylation is 2. The summed E-state index contributed by atoms with van der Waals surface area (Å²) in [7, 11) is 5.16.